The van der Waals surface area contributed by atoms with E-state index in [0.717, 1.165) is 17.2 Å². The summed E-state index contributed by atoms with van der Waals surface area (Å²) in [7, 11) is 1.61. The number of amides is 2. The highest BCUT2D eigenvalue weighted by molar-refractivity contribution is 6.01. The molecule has 2 atom stereocenters. The van der Waals surface area contributed by atoms with Gasteiger partial charge in [0.1, 0.15) is 18.1 Å². The maximum atomic E-state index is 12.7. The number of carbonyl (C=O) groups excluding carboxylic acids is 2. The van der Waals surface area contributed by atoms with Crippen molar-refractivity contribution in [3.8, 4) is 11.5 Å². The van der Waals surface area contributed by atoms with Gasteiger partial charge < -0.3 is 19.7 Å². The van der Waals surface area contributed by atoms with Crippen molar-refractivity contribution in [1.29, 1.82) is 0 Å². The maximum absolute atomic E-state index is 12.7. The van der Waals surface area contributed by atoms with Gasteiger partial charge in [-0.3, -0.25) is 9.59 Å². The number of carbonyl (C=O) groups is 2. The van der Waals surface area contributed by atoms with E-state index in [1.165, 1.54) is 0 Å². The molecule has 0 spiro atoms. The third kappa shape index (κ3) is 4.82. The summed E-state index contributed by atoms with van der Waals surface area (Å²) in [5.41, 5.74) is 0.869. The number of para-hydroxylation sites is 1. The predicted molar refractivity (Wildman–Crippen MR) is 108 cm³/mol. The van der Waals surface area contributed by atoms with Gasteiger partial charge in [-0.15, -0.1) is 0 Å². The van der Waals surface area contributed by atoms with Crippen LogP contribution in [-0.2, 0) is 9.59 Å². The molecule has 2 aromatic carbocycles. The molecule has 0 aliphatic heterocycles. The first-order valence-corrected chi connectivity index (χ1v) is 9.55. The number of nitrogens with zero attached hydrogens (tertiary/aromatic N) is 1. The van der Waals surface area contributed by atoms with Crippen molar-refractivity contribution < 1.29 is 19.1 Å². The van der Waals surface area contributed by atoms with E-state index in [0.29, 0.717) is 26.1 Å². The van der Waals surface area contributed by atoms with Crippen molar-refractivity contribution in [2.24, 2.45) is 11.8 Å². The Balaban J connectivity index is 1.41. The molecular formula is C22H26N2O4. The van der Waals surface area contributed by atoms with Crippen LogP contribution in [-0.4, -0.2) is 38.6 Å². The summed E-state index contributed by atoms with van der Waals surface area (Å²) in [6, 6.07) is 16.8. The standard InChI is InChI=1S/C22H26N2O4/c1-3-24(16-7-5-4-6-8-16)22(26)20-15-19(20)21(25)23-13-14-28-18-11-9-17(27-2)10-12-18/h4-12,19-20H,3,13-15H2,1-2H3,(H,23,25). The van der Waals surface area contributed by atoms with Crippen LogP contribution in [0.5, 0.6) is 11.5 Å². The molecule has 1 aliphatic carbocycles. The van der Waals surface area contributed by atoms with Gasteiger partial charge >= 0.3 is 0 Å². The zero-order chi connectivity index (χ0) is 19.9. The van der Waals surface area contributed by atoms with E-state index < -0.39 is 0 Å². The molecule has 0 heterocycles. The molecule has 2 unspecified atom stereocenters. The lowest BCUT2D eigenvalue weighted by molar-refractivity contribution is -0.126. The van der Waals surface area contributed by atoms with E-state index in [4.69, 9.17) is 9.47 Å². The highest BCUT2D eigenvalue weighted by atomic mass is 16.5. The normalized spacial score (nSPS) is 17.5. The Kier molecular flexibility index (Phi) is 6.53. The minimum atomic E-state index is -0.244. The second-order valence-electron chi connectivity index (χ2n) is 6.68. The van der Waals surface area contributed by atoms with Gasteiger partial charge in [-0.1, -0.05) is 18.2 Å². The Morgan fingerprint density at radius 2 is 1.71 bits per heavy atom. The molecule has 0 aromatic heterocycles. The molecule has 1 fully saturated rings. The monoisotopic (exact) mass is 382 g/mol. The molecular weight excluding hydrogens is 356 g/mol. The number of nitrogens with one attached hydrogen (secondary N) is 1. The Hall–Kier alpha value is -3.02. The van der Waals surface area contributed by atoms with Gasteiger partial charge in [0.2, 0.25) is 11.8 Å². The fourth-order valence-corrected chi connectivity index (χ4v) is 3.18. The van der Waals surface area contributed by atoms with Crippen LogP contribution < -0.4 is 19.7 Å². The fraction of sp³-hybridized carbons (Fsp3) is 0.364. The molecule has 1 saturated carbocycles. The molecule has 28 heavy (non-hydrogen) atoms. The SMILES string of the molecule is CCN(C(=O)C1CC1C(=O)NCCOc1ccc(OC)cc1)c1ccccc1. The van der Waals surface area contributed by atoms with Crippen LogP contribution in [0.1, 0.15) is 13.3 Å². The highest BCUT2D eigenvalue weighted by Gasteiger charge is 2.49. The van der Waals surface area contributed by atoms with Gasteiger partial charge in [0.05, 0.1) is 25.5 Å². The van der Waals surface area contributed by atoms with Crippen molar-refractivity contribution in [1.82, 2.24) is 5.32 Å². The van der Waals surface area contributed by atoms with Crippen LogP contribution in [0.3, 0.4) is 0 Å². The van der Waals surface area contributed by atoms with Gasteiger partial charge in [0.15, 0.2) is 0 Å². The quantitative estimate of drug-likeness (QED) is 0.677. The second-order valence-corrected chi connectivity index (χ2v) is 6.68. The predicted octanol–water partition coefficient (Wildman–Crippen LogP) is 2.88. The van der Waals surface area contributed by atoms with Crippen LogP contribution in [0.4, 0.5) is 5.69 Å². The van der Waals surface area contributed by atoms with E-state index in [2.05, 4.69) is 5.32 Å². The van der Waals surface area contributed by atoms with E-state index in [-0.39, 0.29) is 23.7 Å². The van der Waals surface area contributed by atoms with Crippen molar-refractivity contribution >= 4 is 17.5 Å². The summed E-state index contributed by atoms with van der Waals surface area (Å²) in [5, 5.41) is 2.86. The van der Waals surface area contributed by atoms with Gasteiger partial charge in [0, 0.05) is 12.2 Å². The molecule has 1 N–H and O–H groups in total. The average Bonchev–Trinajstić information content (AvgIpc) is 3.54. The van der Waals surface area contributed by atoms with Gasteiger partial charge in [-0.2, -0.15) is 0 Å². The number of rotatable bonds is 9. The second kappa shape index (κ2) is 9.26. The molecule has 3 rings (SSSR count). The smallest absolute Gasteiger partial charge is 0.230 e. The van der Waals surface area contributed by atoms with Gasteiger partial charge in [0.25, 0.3) is 0 Å². The molecule has 148 valence electrons. The Labute approximate surface area is 165 Å². The first-order valence-electron chi connectivity index (χ1n) is 9.55. The zero-order valence-corrected chi connectivity index (χ0v) is 16.3. The summed E-state index contributed by atoms with van der Waals surface area (Å²) in [5.74, 6) is 0.940. The molecule has 2 amide bonds. The fourth-order valence-electron chi connectivity index (χ4n) is 3.18. The van der Waals surface area contributed by atoms with E-state index >= 15 is 0 Å². The zero-order valence-electron chi connectivity index (χ0n) is 16.3. The van der Waals surface area contributed by atoms with Crippen molar-refractivity contribution in [3.05, 3.63) is 54.6 Å². The maximum Gasteiger partial charge on any atom is 0.230 e. The number of hydrogen-bond donors (Lipinski definition) is 1. The number of methoxy groups -OCH3 is 1. The number of hydrogen-bond acceptors (Lipinski definition) is 4. The summed E-state index contributed by atoms with van der Waals surface area (Å²) >= 11 is 0. The van der Waals surface area contributed by atoms with Crippen LogP contribution >= 0.6 is 0 Å². The molecule has 0 radical (unpaired) electrons. The molecule has 6 heteroatoms. The minimum absolute atomic E-state index is 0.0170. The third-order valence-corrected chi connectivity index (χ3v) is 4.82. The molecule has 1 aliphatic rings. The number of anilines is 1. The lowest BCUT2D eigenvalue weighted by atomic mass is 10.2. The topological polar surface area (TPSA) is 67.9 Å². The minimum Gasteiger partial charge on any atom is -0.497 e. The first-order chi connectivity index (χ1) is 13.6. The number of ether oxygens (including phenoxy) is 2. The molecule has 0 bridgehead atoms. The summed E-state index contributed by atoms with van der Waals surface area (Å²) in [4.78, 5) is 26.8. The van der Waals surface area contributed by atoms with E-state index in [1.54, 1.807) is 12.0 Å². The Morgan fingerprint density at radius 3 is 2.36 bits per heavy atom. The first kappa shape index (κ1) is 19.7. The summed E-state index contributed by atoms with van der Waals surface area (Å²) < 4.78 is 10.7. The van der Waals surface area contributed by atoms with Gasteiger partial charge in [-0.05, 0) is 49.7 Å². The van der Waals surface area contributed by atoms with Crippen LogP contribution in [0.2, 0.25) is 0 Å². The highest BCUT2D eigenvalue weighted by Crippen LogP contribution is 2.40. The lowest BCUT2D eigenvalue weighted by Crippen LogP contribution is -2.35. The van der Waals surface area contributed by atoms with Crippen LogP contribution in [0, 0.1) is 11.8 Å². The van der Waals surface area contributed by atoms with Gasteiger partial charge in [-0.25, -0.2) is 0 Å². The molecule has 6 nitrogen and oxygen atoms in total. The molecule has 0 saturated heterocycles. The van der Waals surface area contributed by atoms with Crippen LogP contribution in [0.25, 0.3) is 0 Å². The lowest BCUT2D eigenvalue weighted by Gasteiger charge is -2.21. The van der Waals surface area contributed by atoms with Crippen molar-refractivity contribution in [2.75, 3.05) is 31.7 Å². The largest absolute Gasteiger partial charge is 0.497 e. The van der Waals surface area contributed by atoms with Crippen LogP contribution in [0.15, 0.2) is 54.6 Å². The third-order valence-electron chi connectivity index (χ3n) is 4.82. The molecule has 2 aromatic rings. The van der Waals surface area contributed by atoms with E-state index in [9.17, 15) is 9.59 Å². The van der Waals surface area contributed by atoms with Crippen molar-refractivity contribution in [2.45, 2.75) is 13.3 Å². The summed E-state index contributed by atoms with van der Waals surface area (Å²) in [6.45, 7) is 3.30. The van der Waals surface area contributed by atoms with E-state index in [1.807, 2.05) is 61.5 Å². The average molecular weight is 382 g/mol. The Bertz CT molecular complexity index is 792. The van der Waals surface area contributed by atoms with Crippen molar-refractivity contribution in [3.63, 3.8) is 0 Å². The number of benzene rings is 2. The summed E-state index contributed by atoms with van der Waals surface area (Å²) in [6.07, 6.45) is 0.605. The Morgan fingerprint density at radius 1 is 1.04 bits per heavy atom.